The molecule has 2 N–H and O–H groups in total. The van der Waals surface area contributed by atoms with Gasteiger partial charge in [-0.2, -0.15) is 0 Å². The van der Waals surface area contributed by atoms with Crippen LogP contribution in [-0.2, 0) is 14.8 Å². The summed E-state index contributed by atoms with van der Waals surface area (Å²) in [6, 6.07) is 13.6. The van der Waals surface area contributed by atoms with Gasteiger partial charge >= 0.3 is 5.69 Å². The van der Waals surface area contributed by atoms with E-state index >= 15 is 0 Å². The van der Waals surface area contributed by atoms with Gasteiger partial charge in [0.2, 0.25) is 15.9 Å². The van der Waals surface area contributed by atoms with Gasteiger partial charge < -0.3 is 9.88 Å². The molecular formula is C21H23ClN4O4S. The minimum Gasteiger partial charge on any atom is -0.343 e. The number of benzene rings is 2. The number of likely N-dealkylation sites (tertiary alicyclic amines) is 1. The quantitative estimate of drug-likeness (QED) is 0.587. The molecule has 3 aromatic rings. The zero-order chi connectivity index (χ0) is 22.0. The molecule has 10 heteroatoms. The number of sulfonamides is 1. The Hall–Kier alpha value is -2.62. The largest absolute Gasteiger partial charge is 0.343 e. The van der Waals surface area contributed by atoms with Gasteiger partial charge in [0, 0.05) is 37.1 Å². The van der Waals surface area contributed by atoms with Crippen molar-refractivity contribution in [2.24, 2.45) is 0 Å². The average Bonchev–Trinajstić information content (AvgIpc) is 3.09. The van der Waals surface area contributed by atoms with Crippen molar-refractivity contribution in [3.8, 4) is 0 Å². The number of hydrogen-bond donors (Lipinski definition) is 2. The van der Waals surface area contributed by atoms with E-state index in [0.29, 0.717) is 31.0 Å². The first-order valence-electron chi connectivity index (χ1n) is 10.1. The van der Waals surface area contributed by atoms with Crippen LogP contribution in [0.25, 0.3) is 11.0 Å². The molecule has 0 saturated carbocycles. The van der Waals surface area contributed by atoms with Crippen LogP contribution in [0.3, 0.4) is 0 Å². The number of rotatable bonds is 6. The molecule has 31 heavy (non-hydrogen) atoms. The van der Waals surface area contributed by atoms with Crippen molar-refractivity contribution in [1.29, 1.82) is 0 Å². The number of carbonyl (C=O) groups excluding carboxylic acids is 1. The van der Waals surface area contributed by atoms with Crippen LogP contribution in [0.1, 0.15) is 25.3 Å². The number of aromatic amines is 1. The summed E-state index contributed by atoms with van der Waals surface area (Å²) in [6.07, 6.45) is 1.40. The molecule has 1 amide bonds. The van der Waals surface area contributed by atoms with E-state index in [-0.39, 0.29) is 35.5 Å². The summed E-state index contributed by atoms with van der Waals surface area (Å²) in [5.41, 5.74) is 1.53. The van der Waals surface area contributed by atoms with Gasteiger partial charge in [-0.3, -0.25) is 9.36 Å². The molecule has 0 radical (unpaired) electrons. The summed E-state index contributed by atoms with van der Waals surface area (Å²) in [5, 5.41) is 0.330. The van der Waals surface area contributed by atoms with E-state index in [1.54, 1.807) is 21.6 Å². The molecule has 2 heterocycles. The molecule has 0 atom stereocenters. The third-order valence-corrected chi connectivity index (χ3v) is 7.24. The Morgan fingerprint density at radius 3 is 2.61 bits per heavy atom. The Bertz CT molecular complexity index is 1260. The molecule has 1 aliphatic rings. The minimum atomic E-state index is -3.72. The van der Waals surface area contributed by atoms with E-state index in [4.69, 9.17) is 11.6 Å². The number of nitrogens with one attached hydrogen (secondary N) is 2. The summed E-state index contributed by atoms with van der Waals surface area (Å²) in [7, 11) is -3.72. The standard InChI is InChI=1S/C21H23ClN4O4S/c22-15-4-3-5-17(14-15)31(29,30)23-11-8-20(27)25-12-9-16(10-13-25)26-19-7-2-1-6-18(19)24-21(26)28/h1-7,14,16,23H,8-13H2,(H,24,28). The highest BCUT2D eigenvalue weighted by Gasteiger charge is 2.26. The summed E-state index contributed by atoms with van der Waals surface area (Å²) in [6.45, 7) is 1.06. The molecule has 2 aromatic carbocycles. The lowest BCUT2D eigenvalue weighted by Gasteiger charge is -2.32. The molecule has 1 aliphatic heterocycles. The third-order valence-electron chi connectivity index (χ3n) is 5.54. The predicted molar refractivity (Wildman–Crippen MR) is 119 cm³/mol. The number of fused-ring (bicyclic) bond motifs is 1. The van der Waals surface area contributed by atoms with Gasteiger partial charge in [0.15, 0.2) is 0 Å². The number of piperidine rings is 1. The second-order valence-electron chi connectivity index (χ2n) is 7.53. The number of para-hydroxylation sites is 2. The van der Waals surface area contributed by atoms with Gasteiger partial charge in [0.25, 0.3) is 0 Å². The number of carbonyl (C=O) groups is 1. The van der Waals surface area contributed by atoms with Crippen molar-refractivity contribution < 1.29 is 13.2 Å². The van der Waals surface area contributed by atoms with E-state index in [1.807, 2.05) is 24.3 Å². The Kier molecular flexibility index (Phi) is 6.17. The first kappa shape index (κ1) is 21.6. The number of H-pyrrole nitrogens is 1. The van der Waals surface area contributed by atoms with Gasteiger partial charge in [-0.05, 0) is 43.2 Å². The lowest BCUT2D eigenvalue weighted by molar-refractivity contribution is -0.132. The summed E-state index contributed by atoms with van der Waals surface area (Å²) >= 11 is 5.85. The zero-order valence-corrected chi connectivity index (χ0v) is 18.3. The number of imidazole rings is 1. The van der Waals surface area contributed by atoms with Crippen LogP contribution in [0.4, 0.5) is 0 Å². The monoisotopic (exact) mass is 462 g/mol. The van der Waals surface area contributed by atoms with E-state index in [1.165, 1.54) is 12.1 Å². The fraction of sp³-hybridized carbons (Fsp3) is 0.333. The zero-order valence-electron chi connectivity index (χ0n) is 16.8. The van der Waals surface area contributed by atoms with Crippen LogP contribution in [0.5, 0.6) is 0 Å². The number of aromatic nitrogens is 2. The predicted octanol–water partition coefficient (Wildman–Crippen LogP) is 2.52. The Morgan fingerprint density at radius 2 is 1.87 bits per heavy atom. The lowest BCUT2D eigenvalue weighted by Crippen LogP contribution is -2.41. The molecule has 1 fully saturated rings. The lowest BCUT2D eigenvalue weighted by atomic mass is 10.0. The second-order valence-corrected chi connectivity index (χ2v) is 9.74. The molecule has 0 spiro atoms. The van der Waals surface area contributed by atoms with E-state index < -0.39 is 10.0 Å². The van der Waals surface area contributed by atoms with Crippen molar-refractivity contribution in [2.45, 2.75) is 30.2 Å². The van der Waals surface area contributed by atoms with Crippen molar-refractivity contribution in [1.82, 2.24) is 19.2 Å². The van der Waals surface area contributed by atoms with Crippen LogP contribution >= 0.6 is 11.6 Å². The number of amides is 1. The first-order chi connectivity index (χ1) is 14.8. The molecule has 0 aliphatic carbocycles. The minimum absolute atomic E-state index is 0.00944. The number of hydrogen-bond acceptors (Lipinski definition) is 4. The molecule has 0 unspecified atom stereocenters. The maximum absolute atomic E-state index is 12.5. The number of halogens is 1. The summed E-state index contributed by atoms with van der Waals surface area (Å²) in [5.74, 6) is -0.112. The molecular weight excluding hydrogens is 440 g/mol. The smallest absolute Gasteiger partial charge is 0.326 e. The molecule has 0 bridgehead atoms. The van der Waals surface area contributed by atoms with Crippen LogP contribution in [0, 0.1) is 0 Å². The highest BCUT2D eigenvalue weighted by Crippen LogP contribution is 2.25. The van der Waals surface area contributed by atoms with Gasteiger partial charge in [0.1, 0.15) is 0 Å². The molecule has 4 rings (SSSR count). The van der Waals surface area contributed by atoms with Crippen LogP contribution < -0.4 is 10.4 Å². The maximum atomic E-state index is 12.5. The van der Waals surface area contributed by atoms with Crippen molar-refractivity contribution in [2.75, 3.05) is 19.6 Å². The molecule has 8 nitrogen and oxygen atoms in total. The highest BCUT2D eigenvalue weighted by atomic mass is 35.5. The average molecular weight is 463 g/mol. The third kappa shape index (κ3) is 4.68. The van der Waals surface area contributed by atoms with Crippen LogP contribution in [0.15, 0.2) is 58.2 Å². The fourth-order valence-electron chi connectivity index (χ4n) is 3.98. The van der Waals surface area contributed by atoms with E-state index in [9.17, 15) is 18.0 Å². The van der Waals surface area contributed by atoms with Crippen LogP contribution in [-0.4, -0.2) is 48.4 Å². The topological polar surface area (TPSA) is 104 Å². The van der Waals surface area contributed by atoms with Crippen molar-refractivity contribution in [3.63, 3.8) is 0 Å². The molecule has 1 saturated heterocycles. The van der Waals surface area contributed by atoms with Gasteiger partial charge in [-0.1, -0.05) is 29.8 Å². The molecule has 1 aromatic heterocycles. The van der Waals surface area contributed by atoms with Gasteiger partial charge in [-0.15, -0.1) is 0 Å². The first-order valence-corrected chi connectivity index (χ1v) is 11.9. The second kappa shape index (κ2) is 8.86. The van der Waals surface area contributed by atoms with Gasteiger partial charge in [-0.25, -0.2) is 17.9 Å². The van der Waals surface area contributed by atoms with E-state index in [2.05, 4.69) is 9.71 Å². The van der Waals surface area contributed by atoms with Crippen molar-refractivity contribution in [3.05, 3.63) is 64.0 Å². The Balaban J connectivity index is 1.31. The summed E-state index contributed by atoms with van der Waals surface area (Å²) in [4.78, 5) is 29.6. The number of nitrogens with zero attached hydrogens (tertiary/aromatic N) is 2. The molecule has 164 valence electrons. The highest BCUT2D eigenvalue weighted by molar-refractivity contribution is 7.89. The maximum Gasteiger partial charge on any atom is 0.326 e. The normalized spacial score (nSPS) is 15.5. The summed E-state index contributed by atoms with van der Waals surface area (Å²) < 4.78 is 28.9. The fourth-order valence-corrected chi connectivity index (χ4v) is 5.31. The van der Waals surface area contributed by atoms with E-state index in [0.717, 1.165) is 11.0 Å². The van der Waals surface area contributed by atoms with Gasteiger partial charge in [0.05, 0.1) is 15.9 Å². The van der Waals surface area contributed by atoms with Crippen molar-refractivity contribution >= 4 is 38.6 Å². The Labute approximate surface area is 184 Å². The SMILES string of the molecule is O=C(CCNS(=O)(=O)c1cccc(Cl)c1)N1CCC(n2c(=O)[nH]c3ccccc32)CC1. The van der Waals surface area contributed by atoms with Crippen LogP contribution in [0.2, 0.25) is 5.02 Å². The Morgan fingerprint density at radius 1 is 1.13 bits per heavy atom.